The van der Waals surface area contributed by atoms with Gasteiger partial charge in [-0.25, -0.2) is 4.90 Å². The number of halogens is 2. The summed E-state index contributed by atoms with van der Waals surface area (Å²) < 4.78 is 0.910. The zero-order valence-corrected chi connectivity index (χ0v) is 17.2. The Hall–Kier alpha value is -2.15. The Morgan fingerprint density at radius 1 is 1.14 bits per heavy atom. The number of aromatic nitrogens is 1. The number of rotatable bonds is 1. The van der Waals surface area contributed by atoms with Crippen molar-refractivity contribution in [1.29, 1.82) is 0 Å². The van der Waals surface area contributed by atoms with Crippen molar-refractivity contribution in [1.82, 2.24) is 10.3 Å². The number of nitrogens with one attached hydrogen (secondary N) is 2. The number of amides is 2. The lowest BCUT2D eigenvalue weighted by Crippen LogP contribution is -2.48. The normalized spacial score (nSPS) is 18.1. The van der Waals surface area contributed by atoms with Gasteiger partial charge in [-0.05, 0) is 61.8 Å². The van der Waals surface area contributed by atoms with E-state index in [1.54, 1.807) is 18.3 Å². The van der Waals surface area contributed by atoms with Gasteiger partial charge in [-0.3, -0.25) is 9.59 Å². The summed E-state index contributed by atoms with van der Waals surface area (Å²) >= 11 is 9.58. The molecule has 0 saturated carbocycles. The summed E-state index contributed by atoms with van der Waals surface area (Å²) in [6, 6.07) is 11.1. The van der Waals surface area contributed by atoms with Crippen LogP contribution in [-0.2, 0) is 10.2 Å². The fourth-order valence-corrected chi connectivity index (χ4v) is 4.99. The molecule has 2 aliphatic rings. The zero-order chi connectivity index (χ0) is 19.5. The summed E-state index contributed by atoms with van der Waals surface area (Å²) in [4.78, 5) is 31.6. The second kappa shape index (κ2) is 6.44. The number of carbonyl (C=O) groups is 2. The molecule has 3 heterocycles. The van der Waals surface area contributed by atoms with Crippen molar-refractivity contribution in [3.8, 4) is 0 Å². The Bertz CT molecular complexity index is 1130. The molecule has 0 bridgehead atoms. The summed E-state index contributed by atoms with van der Waals surface area (Å²) in [5.74, 6) is -0.437. The second-order valence-corrected chi connectivity index (χ2v) is 8.68. The summed E-state index contributed by atoms with van der Waals surface area (Å²) in [6.07, 6.45) is 3.02. The standard InChI is InChI=1S/C21H17BrClN3O2/c22-12-1-4-18-16(9-12)21(5-7-24-8-6-21)20(28)26(18)19(27)15-11-25-17-10-13(23)2-3-14(15)17/h1-4,9-11,24-25H,5-8H2. The second-order valence-electron chi connectivity index (χ2n) is 7.33. The third kappa shape index (κ3) is 2.48. The summed E-state index contributed by atoms with van der Waals surface area (Å²) in [6.45, 7) is 1.51. The Kier molecular flexibility index (Phi) is 4.12. The van der Waals surface area contributed by atoms with E-state index in [9.17, 15) is 9.59 Å². The third-order valence-electron chi connectivity index (χ3n) is 5.86. The van der Waals surface area contributed by atoms with Crippen LogP contribution in [0.1, 0.15) is 28.8 Å². The average Bonchev–Trinajstić information content (AvgIpc) is 3.20. The van der Waals surface area contributed by atoms with E-state index >= 15 is 0 Å². The molecule has 2 N–H and O–H groups in total. The quantitative estimate of drug-likeness (QED) is 0.532. The van der Waals surface area contributed by atoms with E-state index < -0.39 is 5.41 Å². The highest BCUT2D eigenvalue weighted by atomic mass is 79.9. The molecule has 1 aromatic heterocycles. The minimum atomic E-state index is -0.643. The minimum absolute atomic E-state index is 0.129. The van der Waals surface area contributed by atoms with Crippen molar-refractivity contribution >= 4 is 55.9 Å². The third-order valence-corrected chi connectivity index (χ3v) is 6.59. The van der Waals surface area contributed by atoms with Gasteiger partial charge < -0.3 is 10.3 Å². The van der Waals surface area contributed by atoms with E-state index in [1.165, 1.54) is 4.90 Å². The minimum Gasteiger partial charge on any atom is -0.360 e. The van der Waals surface area contributed by atoms with Gasteiger partial charge in [0.15, 0.2) is 0 Å². The van der Waals surface area contributed by atoms with Crippen molar-refractivity contribution in [2.24, 2.45) is 0 Å². The first kappa shape index (κ1) is 17.9. The van der Waals surface area contributed by atoms with E-state index in [2.05, 4.69) is 26.2 Å². The molecule has 0 radical (unpaired) electrons. The van der Waals surface area contributed by atoms with Crippen molar-refractivity contribution in [2.75, 3.05) is 18.0 Å². The van der Waals surface area contributed by atoms with Gasteiger partial charge in [0.05, 0.1) is 16.7 Å². The monoisotopic (exact) mass is 457 g/mol. The van der Waals surface area contributed by atoms with Crippen molar-refractivity contribution in [3.05, 3.63) is 63.2 Å². The van der Waals surface area contributed by atoms with Gasteiger partial charge in [0.25, 0.3) is 5.91 Å². The number of carbonyl (C=O) groups excluding carboxylic acids is 2. The summed E-state index contributed by atoms with van der Waals surface area (Å²) in [5.41, 5.74) is 2.22. The van der Waals surface area contributed by atoms with Crippen LogP contribution in [0.5, 0.6) is 0 Å². The zero-order valence-electron chi connectivity index (χ0n) is 14.9. The lowest BCUT2D eigenvalue weighted by molar-refractivity contribution is -0.123. The number of benzene rings is 2. The number of hydrogen-bond donors (Lipinski definition) is 2. The largest absolute Gasteiger partial charge is 0.360 e. The maximum atomic E-state index is 13.6. The molecule has 142 valence electrons. The van der Waals surface area contributed by atoms with Gasteiger partial charge in [0.2, 0.25) is 5.91 Å². The van der Waals surface area contributed by atoms with E-state index in [0.29, 0.717) is 29.1 Å². The molecule has 2 amide bonds. The van der Waals surface area contributed by atoms with Crippen LogP contribution in [0.3, 0.4) is 0 Å². The average molecular weight is 459 g/mol. The molecule has 1 spiro atoms. The molecule has 1 saturated heterocycles. The van der Waals surface area contributed by atoms with E-state index in [1.807, 2.05) is 24.3 Å². The van der Waals surface area contributed by atoms with Crippen LogP contribution in [0.25, 0.3) is 10.9 Å². The Morgan fingerprint density at radius 2 is 1.93 bits per heavy atom. The predicted molar refractivity (Wildman–Crippen MR) is 113 cm³/mol. The Morgan fingerprint density at radius 3 is 2.71 bits per heavy atom. The van der Waals surface area contributed by atoms with Crippen LogP contribution < -0.4 is 10.2 Å². The van der Waals surface area contributed by atoms with Gasteiger partial charge in [-0.2, -0.15) is 0 Å². The number of hydrogen-bond acceptors (Lipinski definition) is 3. The van der Waals surface area contributed by atoms with Gasteiger partial charge in [0.1, 0.15) is 0 Å². The first-order valence-electron chi connectivity index (χ1n) is 9.17. The van der Waals surface area contributed by atoms with E-state index in [4.69, 9.17) is 11.6 Å². The van der Waals surface area contributed by atoms with Crippen molar-refractivity contribution in [2.45, 2.75) is 18.3 Å². The number of anilines is 1. The van der Waals surface area contributed by atoms with Crippen LogP contribution in [-0.4, -0.2) is 29.9 Å². The van der Waals surface area contributed by atoms with Gasteiger partial charge in [-0.15, -0.1) is 0 Å². The molecule has 0 atom stereocenters. The fraction of sp³-hybridized carbons (Fsp3) is 0.238. The molecule has 28 heavy (non-hydrogen) atoms. The molecule has 5 rings (SSSR count). The first-order valence-corrected chi connectivity index (χ1v) is 10.3. The molecular weight excluding hydrogens is 442 g/mol. The highest BCUT2D eigenvalue weighted by Gasteiger charge is 2.53. The van der Waals surface area contributed by atoms with Gasteiger partial charge in [0, 0.05) is 26.6 Å². The summed E-state index contributed by atoms with van der Waals surface area (Å²) in [7, 11) is 0. The maximum absolute atomic E-state index is 13.6. The van der Waals surface area contributed by atoms with Crippen LogP contribution in [0, 0.1) is 0 Å². The van der Waals surface area contributed by atoms with Crippen LogP contribution >= 0.6 is 27.5 Å². The highest BCUT2D eigenvalue weighted by Crippen LogP contribution is 2.48. The Balaban J connectivity index is 1.65. The van der Waals surface area contributed by atoms with Crippen molar-refractivity contribution < 1.29 is 9.59 Å². The molecule has 0 aliphatic carbocycles. The SMILES string of the molecule is O=C(c1c[nH]c2cc(Cl)ccc12)N1C(=O)C2(CCNCC2)c2cc(Br)ccc21. The van der Waals surface area contributed by atoms with Crippen LogP contribution in [0.2, 0.25) is 5.02 Å². The van der Waals surface area contributed by atoms with Crippen LogP contribution in [0.15, 0.2) is 47.1 Å². The fourth-order valence-electron chi connectivity index (χ4n) is 4.46. The molecule has 3 aromatic rings. The number of H-pyrrole nitrogens is 1. The smallest absolute Gasteiger partial charge is 0.267 e. The first-order chi connectivity index (χ1) is 13.5. The number of nitrogens with zero attached hydrogens (tertiary/aromatic N) is 1. The topological polar surface area (TPSA) is 65.2 Å². The molecule has 7 heteroatoms. The molecule has 2 aromatic carbocycles. The maximum Gasteiger partial charge on any atom is 0.267 e. The molecule has 5 nitrogen and oxygen atoms in total. The summed E-state index contributed by atoms with van der Waals surface area (Å²) in [5, 5.41) is 4.67. The molecule has 1 fully saturated rings. The predicted octanol–water partition coefficient (Wildman–Crippen LogP) is 4.39. The Labute approximate surface area is 175 Å². The number of piperidine rings is 1. The molecule has 2 aliphatic heterocycles. The van der Waals surface area contributed by atoms with Crippen molar-refractivity contribution in [3.63, 3.8) is 0 Å². The van der Waals surface area contributed by atoms with E-state index in [-0.39, 0.29) is 11.8 Å². The number of aromatic amines is 1. The molecular formula is C21H17BrClN3O2. The van der Waals surface area contributed by atoms with Gasteiger partial charge in [-0.1, -0.05) is 33.6 Å². The number of fused-ring (bicyclic) bond motifs is 3. The van der Waals surface area contributed by atoms with Gasteiger partial charge >= 0.3 is 0 Å². The number of imide groups is 1. The highest BCUT2D eigenvalue weighted by molar-refractivity contribution is 9.10. The van der Waals surface area contributed by atoms with E-state index in [0.717, 1.165) is 34.0 Å². The lowest BCUT2D eigenvalue weighted by Gasteiger charge is -2.32. The van der Waals surface area contributed by atoms with Crippen LogP contribution in [0.4, 0.5) is 5.69 Å². The lowest BCUT2D eigenvalue weighted by atomic mass is 9.74. The molecule has 0 unspecified atom stereocenters.